The van der Waals surface area contributed by atoms with Gasteiger partial charge in [0, 0.05) is 9.92 Å². The third-order valence-electron chi connectivity index (χ3n) is 5.56. The summed E-state index contributed by atoms with van der Waals surface area (Å²) in [5.41, 5.74) is 0.548. The maximum Gasteiger partial charge on any atom is 0.264 e. The molecule has 4 rings (SSSR count). The van der Waals surface area contributed by atoms with E-state index in [9.17, 15) is 13.2 Å². The second kappa shape index (κ2) is 12.9. The minimum Gasteiger partial charge on any atom is -0.492 e. The summed E-state index contributed by atoms with van der Waals surface area (Å²) in [7, 11) is -4.15. The Morgan fingerprint density at radius 1 is 0.923 bits per heavy atom. The van der Waals surface area contributed by atoms with Crippen LogP contribution in [0.2, 0.25) is 5.02 Å². The summed E-state index contributed by atoms with van der Waals surface area (Å²) in [5.74, 6) is 0.674. The number of hydrogen-bond donors (Lipinski definition) is 1. The zero-order valence-corrected chi connectivity index (χ0v) is 23.7. The van der Waals surface area contributed by atoms with Crippen LogP contribution in [0.15, 0.2) is 107 Å². The molecule has 39 heavy (non-hydrogen) atoms. The topological polar surface area (TPSA) is 84.9 Å². The zero-order valence-electron chi connectivity index (χ0n) is 21.3. The van der Waals surface area contributed by atoms with E-state index in [1.165, 1.54) is 23.9 Å². The Bertz CT molecular complexity index is 1530. The normalized spacial score (nSPS) is 11.1. The Morgan fingerprint density at radius 2 is 1.62 bits per heavy atom. The molecule has 0 aliphatic heterocycles. The lowest BCUT2D eigenvalue weighted by molar-refractivity contribution is -0.114. The number of rotatable bonds is 11. The third kappa shape index (κ3) is 7.06. The molecule has 0 aliphatic carbocycles. The number of nitrogens with zero attached hydrogens (tertiary/aromatic N) is 1. The van der Waals surface area contributed by atoms with Gasteiger partial charge in [-0.1, -0.05) is 41.9 Å². The van der Waals surface area contributed by atoms with Gasteiger partial charge < -0.3 is 14.8 Å². The average molecular weight is 583 g/mol. The Labute approximate surface area is 237 Å². The molecule has 0 radical (unpaired) electrons. The lowest BCUT2D eigenvalue weighted by Crippen LogP contribution is -2.38. The summed E-state index contributed by atoms with van der Waals surface area (Å²) in [5, 5.41) is 3.15. The third-order valence-corrected chi connectivity index (χ3v) is 8.31. The molecule has 0 heterocycles. The molecule has 0 unspecified atom stereocenters. The van der Waals surface area contributed by atoms with Crippen LogP contribution >= 0.6 is 23.4 Å². The van der Waals surface area contributed by atoms with Crippen molar-refractivity contribution in [3.05, 3.63) is 102 Å². The fourth-order valence-corrected chi connectivity index (χ4v) is 5.75. The van der Waals surface area contributed by atoms with Crippen molar-refractivity contribution < 1.29 is 22.7 Å². The van der Waals surface area contributed by atoms with Crippen molar-refractivity contribution in [2.24, 2.45) is 0 Å². The number of hydrogen-bond acceptors (Lipinski definition) is 6. The first-order valence-electron chi connectivity index (χ1n) is 12.0. The number of carbonyl (C=O) groups is 1. The van der Waals surface area contributed by atoms with E-state index in [-0.39, 0.29) is 10.6 Å². The van der Waals surface area contributed by atoms with Crippen LogP contribution in [-0.2, 0) is 14.8 Å². The molecular formula is C29H27ClN2O5S2. The number of anilines is 2. The zero-order chi connectivity index (χ0) is 27.8. The second-order valence-electron chi connectivity index (χ2n) is 8.19. The van der Waals surface area contributed by atoms with Crippen molar-refractivity contribution in [2.75, 3.05) is 29.0 Å². The molecule has 0 fully saturated rings. The van der Waals surface area contributed by atoms with E-state index in [0.29, 0.717) is 34.6 Å². The van der Waals surface area contributed by atoms with Gasteiger partial charge in [0.05, 0.1) is 22.9 Å². The monoisotopic (exact) mass is 582 g/mol. The van der Waals surface area contributed by atoms with Gasteiger partial charge >= 0.3 is 0 Å². The fourth-order valence-electron chi connectivity index (χ4n) is 3.74. The Morgan fingerprint density at radius 3 is 2.31 bits per heavy atom. The van der Waals surface area contributed by atoms with Crippen molar-refractivity contribution in [2.45, 2.75) is 16.7 Å². The van der Waals surface area contributed by atoms with Crippen LogP contribution in [0.4, 0.5) is 11.4 Å². The molecule has 1 N–H and O–H groups in total. The van der Waals surface area contributed by atoms with Crippen LogP contribution in [-0.4, -0.2) is 33.7 Å². The molecule has 7 nitrogen and oxygen atoms in total. The molecule has 0 spiro atoms. The largest absolute Gasteiger partial charge is 0.492 e. The molecule has 4 aromatic carbocycles. The quantitative estimate of drug-likeness (QED) is 0.190. The van der Waals surface area contributed by atoms with E-state index in [1.807, 2.05) is 24.5 Å². The molecular weight excluding hydrogens is 556 g/mol. The number of sulfonamides is 1. The molecule has 4 aromatic rings. The molecule has 0 atom stereocenters. The number of ether oxygens (including phenoxy) is 2. The fraction of sp³-hybridized carbons (Fsp3) is 0.138. The first-order chi connectivity index (χ1) is 18.8. The second-order valence-corrected chi connectivity index (χ2v) is 11.4. The minimum absolute atomic E-state index is 0.0512. The molecule has 202 valence electrons. The van der Waals surface area contributed by atoms with Crippen LogP contribution in [0.25, 0.3) is 0 Å². The van der Waals surface area contributed by atoms with E-state index >= 15 is 0 Å². The molecule has 0 saturated carbocycles. The summed E-state index contributed by atoms with van der Waals surface area (Å²) < 4.78 is 40.4. The van der Waals surface area contributed by atoms with Gasteiger partial charge in [-0.2, -0.15) is 0 Å². The van der Waals surface area contributed by atoms with Crippen molar-refractivity contribution in [3.63, 3.8) is 0 Å². The van der Waals surface area contributed by atoms with Crippen LogP contribution in [0.1, 0.15) is 6.92 Å². The summed E-state index contributed by atoms with van der Waals surface area (Å²) in [6.45, 7) is 1.60. The van der Waals surface area contributed by atoms with Crippen LogP contribution in [0.3, 0.4) is 0 Å². The number of halogens is 1. The Balaban J connectivity index is 1.68. The minimum atomic E-state index is -4.15. The van der Waals surface area contributed by atoms with E-state index in [0.717, 1.165) is 9.20 Å². The maximum absolute atomic E-state index is 13.9. The van der Waals surface area contributed by atoms with Gasteiger partial charge in [-0.05, 0) is 79.9 Å². The smallest absolute Gasteiger partial charge is 0.264 e. The Hall–Kier alpha value is -3.66. The lowest BCUT2D eigenvalue weighted by atomic mass is 10.2. The van der Waals surface area contributed by atoms with Crippen molar-refractivity contribution in [1.29, 1.82) is 0 Å². The number of nitrogens with one attached hydrogen (secondary N) is 1. The summed E-state index contributed by atoms with van der Waals surface area (Å²) >= 11 is 7.71. The van der Waals surface area contributed by atoms with E-state index in [4.69, 9.17) is 21.1 Å². The van der Waals surface area contributed by atoms with Gasteiger partial charge in [0.1, 0.15) is 18.0 Å². The van der Waals surface area contributed by atoms with Crippen LogP contribution in [0.5, 0.6) is 17.2 Å². The Kier molecular flexibility index (Phi) is 9.40. The SMILES string of the molecule is CCOc1ccccc1N(CC(=O)Nc1cc(Cl)ccc1Oc1ccccc1)S(=O)(=O)c1ccc(SC)cc1. The first-order valence-corrected chi connectivity index (χ1v) is 15.1. The number of para-hydroxylation sites is 3. The van der Waals surface area contributed by atoms with Gasteiger partial charge in [-0.25, -0.2) is 8.42 Å². The highest BCUT2D eigenvalue weighted by Gasteiger charge is 2.30. The van der Waals surface area contributed by atoms with Crippen molar-refractivity contribution in [3.8, 4) is 17.2 Å². The van der Waals surface area contributed by atoms with E-state index < -0.39 is 22.5 Å². The average Bonchev–Trinajstić information content (AvgIpc) is 2.94. The number of amides is 1. The van der Waals surface area contributed by atoms with Gasteiger partial charge in [0.15, 0.2) is 5.75 Å². The summed E-state index contributed by atoms with van der Waals surface area (Å²) in [6, 6.07) is 27.1. The standard InChI is InChI=1S/C29H27ClN2O5S2/c1-3-36-28-12-8-7-11-26(28)32(39(34,35)24-16-14-23(38-2)15-17-24)20-29(33)31-25-19-21(30)13-18-27(25)37-22-9-5-4-6-10-22/h4-19H,3,20H2,1-2H3,(H,31,33). The number of benzene rings is 4. The van der Waals surface area contributed by atoms with E-state index in [1.54, 1.807) is 73.7 Å². The van der Waals surface area contributed by atoms with Gasteiger partial charge in [-0.15, -0.1) is 11.8 Å². The number of thioether (sulfide) groups is 1. The number of carbonyl (C=O) groups excluding carboxylic acids is 1. The van der Waals surface area contributed by atoms with Gasteiger partial charge in [0.25, 0.3) is 10.0 Å². The van der Waals surface area contributed by atoms with Crippen molar-refractivity contribution in [1.82, 2.24) is 0 Å². The highest BCUT2D eigenvalue weighted by Crippen LogP contribution is 2.35. The summed E-state index contributed by atoms with van der Waals surface area (Å²) in [6.07, 6.45) is 1.91. The predicted octanol–water partition coefficient (Wildman–Crippen LogP) is 7.09. The maximum atomic E-state index is 13.9. The molecule has 0 aliphatic rings. The van der Waals surface area contributed by atoms with Gasteiger partial charge in [-0.3, -0.25) is 9.10 Å². The lowest BCUT2D eigenvalue weighted by Gasteiger charge is -2.26. The summed E-state index contributed by atoms with van der Waals surface area (Å²) in [4.78, 5) is 14.4. The van der Waals surface area contributed by atoms with Crippen LogP contribution < -0.4 is 19.1 Å². The highest BCUT2D eigenvalue weighted by atomic mass is 35.5. The predicted molar refractivity (Wildman–Crippen MR) is 157 cm³/mol. The molecule has 0 aromatic heterocycles. The molecule has 10 heteroatoms. The van der Waals surface area contributed by atoms with Crippen LogP contribution in [0, 0.1) is 0 Å². The first kappa shape index (κ1) is 28.4. The molecule has 1 amide bonds. The highest BCUT2D eigenvalue weighted by molar-refractivity contribution is 7.98. The molecule has 0 bridgehead atoms. The van der Waals surface area contributed by atoms with Crippen molar-refractivity contribution >= 4 is 50.7 Å². The van der Waals surface area contributed by atoms with E-state index in [2.05, 4.69) is 5.32 Å². The molecule has 0 saturated heterocycles. The van der Waals surface area contributed by atoms with Gasteiger partial charge in [0.2, 0.25) is 5.91 Å².